The number of nitrogens with one attached hydrogen (secondary N) is 1. The number of anilines is 1. The van der Waals surface area contributed by atoms with Gasteiger partial charge in [-0.05, 0) is 26.0 Å². The lowest BCUT2D eigenvalue weighted by Crippen LogP contribution is -2.07. The fourth-order valence-electron chi connectivity index (χ4n) is 1.99. The van der Waals surface area contributed by atoms with Crippen molar-refractivity contribution in [1.29, 1.82) is 0 Å². The molecule has 0 unspecified atom stereocenters. The predicted molar refractivity (Wildman–Crippen MR) is 83.9 cm³/mol. The van der Waals surface area contributed by atoms with Crippen LogP contribution in [-0.2, 0) is 4.74 Å². The number of para-hydroxylation sites is 1. The molecule has 0 aliphatic carbocycles. The van der Waals surface area contributed by atoms with Crippen LogP contribution in [0.25, 0.3) is 11.3 Å². The van der Waals surface area contributed by atoms with E-state index < -0.39 is 0 Å². The first-order valence-electron chi connectivity index (χ1n) is 6.91. The molecular formula is C16H21N3O2. The summed E-state index contributed by atoms with van der Waals surface area (Å²) in [5, 5.41) is 3.10. The Morgan fingerprint density at radius 1 is 1.05 bits per heavy atom. The molecule has 0 bridgehead atoms. The van der Waals surface area contributed by atoms with E-state index in [1.807, 2.05) is 45.2 Å². The molecule has 112 valence electrons. The predicted octanol–water partition coefficient (Wildman–Crippen LogP) is 2.83. The maximum absolute atomic E-state index is 5.78. The first kappa shape index (κ1) is 15.3. The number of hydrogen-bond acceptors (Lipinski definition) is 5. The lowest BCUT2D eigenvalue weighted by atomic mass is 10.1. The van der Waals surface area contributed by atoms with Gasteiger partial charge in [0.15, 0.2) is 5.82 Å². The molecule has 1 heterocycles. The van der Waals surface area contributed by atoms with Crippen LogP contribution in [0.2, 0.25) is 0 Å². The van der Waals surface area contributed by atoms with Crippen LogP contribution in [0.3, 0.4) is 0 Å². The quantitative estimate of drug-likeness (QED) is 0.828. The molecule has 0 radical (unpaired) electrons. The number of rotatable bonds is 6. The van der Waals surface area contributed by atoms with Gasteiger partial charge in [0.05, 0.1) is 18.0 Å². The van der Waals surface area contributed by atoms with E-state index in [0.29, 0.717) is 13.2 Å². The summed E-state index contributed by atoms with van der Waals surface area (Å²) in [4.78, 5) is 9.22. The molecule has 0 fully saturated rings. The van der Waals surface area contributed by atoms with Crippen molar-refractivity contribution in [2.45, 2.75) is 13.8 Å². The standard InChI is InChI=1S/C16H21N3O2/c1-11-12(2)19-16(17-3)15(18-11)13-7-5-6-8-14(13)21-10-9-20-4/h5-8H,9-10H2,1-4H3,(H,17,19). The molecule has 0 spiro atoms. The normalized spacial score (nSPS) is 10.5. The average molecular weight is 287 g/mol. The van der Waals surface area contributed by atoms with E-state index in [1.165, 1.54) is 0 Å². The second-order valence-electron chi connectivity index (χ2n) is 4.68. The summed E-state index contributed by atoms with van der Waals surface area (Å²) < 4.78 is 10.8. The zero-order valence-electron chi connectivity index (χ0n) is 12.9. The smallest absolute Gasteiger partial charge is 0.152 e. The Balaban J connectivity index is 2.44. The highest BCUT2D eigenvalue weighted by molar-refractivity contribution is 5.76. The Morgan fingerprint density at radius 3 is 2.48 bits per heavy atom. The van der Waals surface area contributed by atoms with Crippen molar-refractivity contribution in [2.75, 3.05) is 32.7 Å². The third-order valence-electron chi connectivity index (χ3n) is 3.23. The van der Waals surface area contributed by atoms with E-state index in [0.717, 1.165) is 34.2 Å². The number of aryl methyl sites for hydroxylation is 2. The van der Waals surface area contributed by atoms with E-state index in [1.54, 1.807) is 7.11 Å². The average Bonchev–Trinajstić information content (AvgIpc) is 2.50. The van der Waals surface area contributed by atoms with Crippen LogP contribution in [0.4, 0.5) is 5.82 Å². The summed E-state index contributed by atoms with van der Waals surface area (Å²) in [5.41, 5.74) is 3.55. The molecule has 0 amide bonds. The molecule has 0 aliphatic heterocycles. The minimum Gasteiger partial charge on any atom is -0.490 e. The van der Waals surface area contributed by atoms with Crippen LogP contribution in [0.15, 0.2) is 24.3 Å². The second-order valence-corrected chi connectivity index (χ2v) is 4.68. The minimum absolute atomic E-state index is 0.501. The zero-order valence-corrected chi connectivity index (χ0v) is 12.9. The molecule has 5 heteroatoms. The van der Waals surface area contributed by atoms with Crippen molar-refractivity contribution in [3.05, 3.63) is 35.7 Å². The minimum atomic E-state index is 0.501. The van der Waals surface area contributed by atoms with Crippen LogP contribution in [0.5, 0.6) is 5.75 Å². The first-order chi connectivity index (χ1) is 10.2. The summed E-state index contributed by atoms with van der Waals surface area (Å²) in [6, 6.07) is 7.83. The van der Waals surface area contributed by atoms with Crippen molar-refractivity contribution in [2.24, 2.45) is 0 Å². The van der Waals surface area contributed by atoms with E-state index in [2.05, 4.69) is 15.3 Å². The summed E-state index contributed by atoms with van der Waals surface area (Å²) in [6.45, 7) is 4.96. The molecule has 0 atom stereocenters. The Bertz CT molecular complexity index is 614. The summed E-state index contributed by atoms with van der Waals surface area (Å²) >= 11 is 0. The molecule has 0 saturated heterocycles. The number of ether oxygens (including phenoxy) is 2. The summed E-state index contributed by atoms with van der Waals surface area (Å²) in [5.74, 6) is 1.53. The van der Waals surface area contributed by atoms with E-state index >= 15 is 0 Å². The van der Waals surface area contributed by atoms with Crippen LogP contribution >= 0.6 is 0 Å². The number of hydrogen-bond donors (Lipinski definition) is 1. The molecule has 1 N–H and O–H groups in total. The molecule has 2 rings (SSSR count). The Labute approximate surface area is 125 Å². The fraction of sp³-hybridized carbons (Fsp3) is 0.375. The second kappa shape index (κ2) is 7.04. The van der Waals surface area contributed by atoms with E-state index in [4.69, 9.17) is 9.47 Å². The van der Waals surface area contributed by atoms with Crippen LogP contribution in [0.1, 0.15) is 11.4 Å². The van der Waals surface area contributed by atoms with Gasteiger partial charge < -0.3 is 14.8 Å². The van der Waals surface area contributed by atoms with Gasteiger partial charge in [-0.2, -0.15) is 0 Å². The molecule has 1 aromatic heterocycles. The van der Waals surface area contributed by atoms with Gasteiger partial charge in [0, 0.05) is 19.7 Å². The van der Waals surface area contributed by atoms with Gasteiger partial charge in [-0.25, -0.2) is 9.97 Å². The molecule has 21 heavy (non-hydrogen) atoms. The van der Waals surface area contributed by atoms with Gasteiger partial charge in [0.1, 0.15) is 18.1 Å². The lowest BCUT2D eigenvalue weighted by molar-refractivity contribution is 0.146. The maximum Gasteiger partial charge on any atom is 0.152 e. The number of methoxy groups -OCH3 is 1. The zero-order chi connectivity index (χ0) is 15.2. The highest BCUT2D eigenvalue weighted by Gasteiger charge is 2.14. The van der Waals surface area contributed by atoms with Gasteiger partial charge in [-0.3, -0.25) is 0 Å². The van der Waals surface area contributed by atoms with Crippen molar-refractivity contribution in [3.8, 4) is 17.0 Å². The molecule has 2 aromatic rings. The van der Waals surface area contributed by atoms with Crippen molar-refractivity contribution in [1.82, 2.24) is 9.97 Å². The number of aromatic nitrogens is 2. The Hall–Kier alpha value is -2.14. The third kappa shape index (κ3) is 3.49. The molecule has 0 saturated carbocycles. The molecule has 1 aromatic carbocycles. The molecule has 5 nitrogen and oxygen atoms in total. The van der Waals surface area contributed by atoms with E-state index in [-0.39, 0.29) is 0 Å². The van der Waals surface area contributed by atoms with Crippen molar-refractivity contribution < 1.29 is 9.47 Å². The lowest BCUT2D eigenvalue weighted by Gasteiger charge is -2.14. The Kier molecular flexibility index (Phi) is 5.11. The first-order valence-corrected chi connectivity index (χ1v) is 6.91. The number of nitrogens with zero attached hydrogens (tertiary/aromatic N) is 2. The van der Waals surface area contributed by atoms with Crippen molar-refractivity contribution >= 4 is 5.82 Å². The van der Waals surface area contributed by atoms with Gasteiger partial charge >= 0.3 is 0 Å². The SMILES string of the molecule is CNc1nc(C)c(C)nc1-c1ccccc1OCCOC. The van der Waals surface area contributed by atoms with Crippen LogP contribution in [0, 0.1) is 13.8 Å². The Morgan fingerprint density at radius 2 is 1.76 bits per heavy atom. The third-order valence-corrected chi connectivity index (χ3v) is 3.23. The summed E-state index contributed by atoms with van der Waals surface area (Å²) in [6.07, 6.45) is 0. The summed E-state index contributed by atoms with van der Waals surface area (Å²) in [7, 11) is 3.50. The molecule has 0 aliphatic rings. The highest BCUT2D eigenvalue weighted by atomic mass is 16.5. The monoisotopic (exact) mass is 287 g/mol. The van der Waals surface area contributed by atoms with Crippen LogP contribution < -0.4 is 10.1 Å². The van der Waals surface area contributed by atoms with Gasteiger partial charge in [-0.15, -0.1) is 0 Å². The topological polar surface area (TPSA) is 56.3 Å². The van der Waals surface area contributed by atoms with Gasteiger partial charge in [0.25, 0.3) is 0 Å². The maximum atomic E-state index is 5.78. The highest BCUT2D eigenvalue weighted by Crippen LogP contribution is 2.33. The largest absolute Gasteiger partial charge is 0.490 e. The van der Waals surface area contributed by atoms with Gasteiger partial charge in [-0.1, -0.05) is 12.1 Å². The number of benzene rings is 1. The van der Waals surface area contributed by atoms with Crippen LogP contribution in [-0.4, -0.2) is 37.3 Å². The fourth-order valence-corrected chi connectivity index (χ4v) is 1.99. The van der Waals surface area contributed by atoms with Crippen molar-refractivity contribution in [3.63, 3.8) is 0 Å². The molecular weight excluding hydrogens is 266 g/mol. The van der Waals surface area contributed by atoms with Gasteiger partial charge in [0.2, 0.25) is 0 Å². The van der Waals surface area contributed by atoms with E-state index in [9.17, 15) is 0 Å².